The second-order valence-corrected chi connectivity index (χ2v) is 7.47. The lowest BCUT2D eigenvalue weighted by atomic mass is 9.86. The summed E-state index contributed by atoms with van der Waals surface area (Å²) in [6.45, 7) is 1.63. The predicted octanol–water partition coefficient (Wildman–Crippen LogP) is 1.70. The highest BCUT2D eigenvalue weighted by atomic mass is 16.3. The van der Waals surface area contributed by atoms with Crippen LogP contribution in [-0.2, 0) is 11.3 Å². The number of nitrogens with zero attached hydrogens (tertiary/aromatic N) is 4. The highest BCUT2D eigenvalue weighted by molar-refractivity contribution is 5.79. The molecule has 0 bridgehead atoms. The molecule has 1 atom stereocenters. The van der Waals surface area contributed by atoms with Crippen LogP contribution in [0.25, 0.3) is 0 Å². The SMILES string of the molecule is O=C(C1CCC(O)CC1)N1CCC[C@H]1Cn1cc(C2CC2)nn1. The van der Waals surface area contributed by atoms with Gasteiger partial charge < -0.3 is 10.0 Å². The van der Waals surface area contributed by atoms with Crippen molar-refractivity contribution in [2.75, 3.05) is 6.54 Å². The summed E-state index contributed by atoms with van der Waals surface area (Å²) in [4.78, 5) is 14.9. The minimum absolute atomic E-state index is 0.108. The summed E-state index contributed by atoms with van der Waals surface area (Å²) >= 11 is 0. The Bertz CT molecular complexity index is 561. The Morgan fingerprint density at radius 3 is 2.70 bits per heavy atom. The first kappa shape index (κ1) is 15.1. The fourth-order valence-corrected chi connectivity index (χ4v) is 4.06. The van der Waals surface area contributed by atoms with Crippen molar-refractivity contribution in [3.63, 3.8) is 0 Å². The highest BCUT2D eigenvalue weighted by Crippen LogP contribution is 2.38. The maximum absolute atomic E-state index is 12.8. The van der Waals surface area contributed by atoms with Crippen molar-refractivity contribution in [1.82, 2.24) is 19.9 Å². The smallest absolute Gasteiger partial charge is 0.225 e. The summed E-state index contributed by atoms with van der Waals surface area (Å²) < 4.78 is 1.93. The van der Waals surface area contributed by atoms with Crippen molar-refractivity contribution in [2.45, 2.75) is 76.0 Å². The molecule has 2 aliphatic carbocycles. The van der Waals surface area contributed by atoms with Gasteiger partial charge in [0, 0.05) is 24.6 Å². The van der Waals surface area contributed by atoms with Crippen LogP contribution in [0.1, 0.15) is 63.0 Å². The average Bonchev–Trinajstić information content (AvgIpc) is 3.13. The zero-order valence-corrected chi connectivity index (χ0v) is 13.6. The first-order valence-electron chi connectivity index (χ1n) is 9.09. The summed E-state index contributed by atoms with van der Waals surface area (Å²) in [5.41, 5.74) is 1.11. The average molecular weight is 318 g/mol. The van der Waals surface area contributed by atoms with Gasteiger partial charge in [-0.25, -0.2) is 0 Å². The predicted molar refractivity (Wildman–Crippen MR) is 84.7 cm³/mol. The molecule has 6 nitrogen and oxygen atoms in total. The van der Waals surface area contributed by atoms with Crippen LogP contribution in [-0.4, -0.2) is 49.6 Å². The lowest BCUT2D eigenvalue weighted by Gasteiger charge is -2.31. The maximum Gasteiger partial charge on any atom is 0.225 e. The summed E-state index contributed by atoms with van der Waals surface area (Å²) in [5, 5.41) is 18.2. The van der Waals surface area contributed by atoms with Crippen molar-refractivity contribution >= 4 is 5.91 Å². The lowest BCUT2D eigenvalue weighted by Crippen LogP contribution is -2.42. The van der Waals surface area contributed by atoms with Gasteiger partial charge in [0.15, 0.2) is 0 Å². The number of amides is 1. The van der Waals surface area contributed by atoms with Gasteiger partial charge in [0.2, 0.25) is 5.91 Å². The van der Waals surface area contributed by atoms with Crippen molar-refractivity contribution in [3.8, 4) is 0 Å². The molecule has 1 amide bonds. The summed E-state index contributed by atoms with van der Waals surface area (Å²) in [7, 11) is 0. The van der Waals surface area contributed by atoms with E-state index in [9.17, 15) is 9.90 Å². The van der Waals surface area contributed by atoms with Crippen LogP contribution < -0.4 is 0 Å². The van der Waals surface area contributed by atoms with E-state index in [-0.39, 0.29) is 18.1 Å². The molecule has 1 aromatic rings. The fourth-order valence-electron chi connectivity index (χ4n) is 4.06. The van der Waals surface area contributed by atoms with Gasteiger partial charge in [0.1, 0.15) is 0 Å². The third kappa shape index (κ3) is 3.27. The molecule has 0 unspecified atom stereocenters. The van der Waals surface area contributed by atoms with Crippen LogP contribution >= 0.6 is 0 Å². The monoisotopic (exact) mass is 318 g/mol. The highest BCUT2D eigenvalue weighted by Gasteiger charge is 2.35. The number of carbonyl (C=O) groups is 1. The van der Waals surface area contributed by atoms with Crippen LogP contribution in [0.5, 0.6) is 0 Å². The summed E-state index contributed by atoms with van der Waals surface area (Å²) in [5.74, 6) is 1.03. The van der Waals surface area contributed by atoms with Crippen LogP contribution in [0.3, 0.4) is 0 Å². The van der Waals surface area contributed by atoms with E-state index in [1.165, 1.54) is 12.8 Å². The molecular weight excluding hydrogens is 292 g/mol. The van der Waals surface area contributed by atoms with E-state index in [0.717, 1.165) is 57.3 Å². The van der Waals surface area contributed by atoms with Gasteiger partial charge in [-0.05, 0) is 51.4 Å². The van der Waals surface area contributed by atoms with E-state index in [4.69, 9.17) is 0 Å². The molecule has 1 N–H and O–H groups in total. The van der Waals surface area contributed by atoms with Gasteiger partial charge >= 0.3 is 0 Å². The molecule has 23 heavy (non-hydrogen) atoms. The third-order valence-corrected chi connectivity index (χ3v) is 5.66. The number of hydrogen-bond donors (Lipinski definition) is 1. The Hall–Kier alpha value is -1.43. The van der Waals surface area contributed by atoms with Crippen LogP contribution in [0, 0.1) is 5.92 Å². The second kappa shape index (κ2) is 6.23. The first-order valence-corrected chi connectivity index (χ1v) is 9.09. The van der Waals surface area contributed by atoms with Gasteiger partial charge in [-0.3, -0.25) is 9.48 Å². The van der Waals surface area contributed by atoms with Crippen molar-refractivity contribution < 1.29 is 9.90 Å². The standard InChI is InChI=1S/C17H26N4O2/c22-15-7-5-13(6-8-15)17(23)21-9-1-2-14(21)10-20-11-16(18-19-20)12-3-4-12/h11-15,22H,1-10H2/t13?,14-,15?/m0/s1. The number of rotatable bonds is 4. The normalized spacial score (nSPS) is 31.5. The largest absolute Gasteiger partial charge is 0.393 e. The number of aromatic nitrogens is 3. The van der Waals surface area contributed by atoms with Crippen molar-refractivity contribution in [3.05, 3.63) is 11.9 Å². The minimum atomic E-state index is -0.204. The Labute approximate surface area is 136 Å². The van der Waals surface area contributed by atoms with Gasteiger partial charge in [-0.15, -0.1) is 5.10 Å². The maximum atomic E-state index is 12.8. The van der Waals surface area contributed by atoms with E-state index in [0.29, 0.717) is 11.8 Å². The molecule has 1 aromatic heterocycles. The summed E-state index contributed by atoms with van der Waals surface area (Å²) in [6, 6.07) is 0.253. The van der Waals surface area contributed by atoms with E-state index >= 15 is 0 Å². The van der Waals surface area contributed by atoms with Gasteiger partial charge in [0.25, 0.3) is 0 Å². The zero-order valence-electron chi connectivity index (χ0n) is 13.6. The number of hydrogen-bond acceptors (Lipinski definition) is 4. The first-order chi connectivity index (χ1) is 11.2. The quantitative estimate of drug-likeness (QED) is 0.917. The van der Waals surface area contributed by atoms with Gasteiger partial charge in [-0.2, -0.15) is 0 Å². The fraction of sp³-hybridized carbons (Fsp3) is 0.824. The molecule has 126 valence electrons. The second-order valence-electron chi connectivity index (χ2n) is 7.47. The number of likely N-dealkylation sites (tertiary alicyclic amines) is 1. The molecule has 4 rings (SSSR count). The number of aliphatic hydroxyl groups excluding tert-OH is 1. The molecule has 2 heterocycles. The summed E-state index contributed by atoms with van der Waals surface area (Å²) in [6.07, 6.45) is 9.66. The third-order valence-electron chi connectivity index (χ3n) is 5.66. The van der Waals surface area contributed by atoms with Gasteiger partial charge in [0.05, 0.1) is 24.4 Å². The Balaban J connectivity index is 1.38. The molecule has 0 spiro atoms. The van der Waals surface area contributed by atoms with Crippen LogP contribution in [0.4, 0.5) is 0 Å². The van der Waals surface area contributed by atoms with E-state index in [1.54, 1.807) is 0 Å². The number of carbonyl (C=O) groups excluding carboxylic acids is 1. The molecular formula is C17H26N4O2. The lowest BCUT2D eigenvalue weighted by molar-refractivity contribution is -0.138. The van der Waals surface area contributed by atoms with Crippen LogP contribution in [0.15, 0.2) is 6.20 Å². The minimum Gasteiger partial charge on any atom is -0.393 e. The molecule has 1 aliphatic heterocycles. The van der Waals surface area contributed by atoms with E-state index < -0.39 is 0 Å². The molecule has 3 fully saturated rings. The Morgan fingerprint density at radius 2 is 1.96 bits per heavy atom. The zero-order chi connectivity index (χ0) is 15.8. The molecule has 0 aromatic carbocycles. The number of aliphatic hydroxyl groups is 1. The Kier molecular flexibility index (Phi) is 4.09. The van der Waals surface area contributed by atoms with Gasteiger partial charge in [-0.1, -0.05) is 5.21 Å². The molecule has 6 heteroatoms. The van der Waals surface area contributed by atoms with E-state index in [1.807, 2.05) is 4.68 Å². The topological polar surface area (TPSA) is 71.2 Å². The van der Waals surface area contributed by atoms with Crippen molar-refractivity contribution in [2.24, 2.45) is 5.92 Å². The van der Waals surface area contributed by atoms with Crippen molar-refractivity contribution in [1.29, 1.82) is 0 Å². The molecule has 0 radical (unpaired) electrons. The Morgan fingerprint density at radius 1 is 1.17 bits per heavy atom. The molecule has 1 saturated heterocycles. The van der Waals surface area contributed by atoms with Crippen LogP contribution in [0.2, 0.25) is 0 Å². The van der Waals surface area contributed by atoms with E-state index in [2.05, 4.69) is 21.4 Å². The molecule has 2 saturated carbocycles. The molecule has 3 aliphatic rings.